The van der Waals surface area contributed by atoms with Crippen LogP contribution in [0.5, 0.6) is 17.2 Å². The lowest BCUT2D eigenvalue weighted by atomic mass is 9.96. The van der Waals surface area contributed by atoms with Crippen molar-refractivity contribution < 1.29 is 14.2 Å². The van der Waals surface area contributed by atoms with Gasteiger partial charge in [-0.05, 0) is 79.2 Å². The van der Waals surface area contributed by atoms with Gasteiger partial charge in [-0.1, -0.05) is 11.6 Å². The van der Waals surface area contributed by atoms with Crippen LogP contribution in [0.15, 0.2) is 71.8 Å². The van der Waals surface area contributed by atoms with E-state index in [0.717, 1.165) is 46.1 Å². The molecular weight excluding hydrogens is 412 g/mol. The van der Waals surface area contributed by atoms with Crippen molar-refractivity contribution in [1.82, 2.24) is 5.01 Å². The van der Waals surface area contributed by atoms with Crippen LogP contribution in [0, 0.1) is 0 Å². The van der Waals surface area contributed by atoms with E-state index in [1.807, 2.05) is 66.5 Å². The van der Waals surface area contributed by atoms with Gasteiger partial charge in [0.1, 0.15) is 17.2 Å². The predicted molar refractivity (Wildman–Crippen MR) is 121 cm³/mol. The summed E-state index contributed by atoms with van der Waals surface area (Å²) in [4.78, 5) is 0. The molecule has 5 nitrogen and oxygen atoms in total. The van der Waals surface area contributed by atoms with Gasteiger partial charge in [0.05, 0.1) is 25.5 Å². The second kappa shape index (κ2) is 8.16. The molecule has 0 N–H and O–H groups in total. The van der Waals surface area contributed by atoms with E-state index in [1.54, 1.807) is 7.11 Å². The Bertz CT molecular complexity index is 1110. The zero-order chi connectivity index (χ0) is 21.4. The SMILES string of the molecule is CCOc1ccc(C2=NN3[C@H](C2)c2cc(Cl)ccc2O[C@@H]3c2ccc(OC)cc2)cc1. The number of hydrogen-bond donors (Lipinski definition) is 0. The van der Waals surface area contributed by atoms with Crippen molar-refractivity contribution in [3.63, 3.8) is 0 Å². The summed E-state index contributed by atoms with van der Waals surface area (Å²) in [6.45, 7) is 2.63. The molecule has 6 heteroatoms. The Hall–Kier alpha value is -3.18. The van der Waals surface area contributed by atoms with Gasteiger partial charge < -0.3 is 14.2 Å². The highest BCUT2D eigenvalue weighted by molar-refractivity contribution is 6.30. The third-order valence-electron chi connectivity index (χ3n) is 5.65. The van der Waals surface area contributed by atoms with E-state index < -0.39 is 0 Å². The van der Waals surface area contributed by atoms with E-state index in [1.165, 1.54) is 0 Å². The number of ether oxygens (including phenoxy) is 3. The maximum atomic E-state index is 6.40. The predicted octanol–water partition coefficient (Wildman–Crippen LogP) is 5.99. The summed E-state index contributed by atoms with van der Waals surface area (Å²) < 4.78 is 17.3. The smallest absolute Gasteiger partial charge is 0.213 e. The highest BCUT2D eigenvalue weighted by Gasteiger charge is 2.41. The van der Waals surface area contributed by atoms with Crippen molar-refractivity contribution in [2.45, 2.75) is 25.6 Å². The summed E-state index contributed by atoms with van der Waals surface area (Å²) in [7, 11) is 1.66. The van der Waals surface area contributed by atoms with Crippen molar-refractivity contribution in [3.8, 4) is 17.2 Å². The minimum absolute atomic E-state index is 0.0520. The molecule has 0 radical (unpaired) electrons. The fourth-order valence-electron chi connectivity index (χ4n) is 4.13. The first kappa shape index (κ1) is 19.8. The number of halogens is 1. The van der Waals surface area contributed by atoms with Gasteiger partial charge in [0.25, 0.3) is 0 Å². The number of methoxy groups -OCH3 is 1. The second-order valence-corrected chi connectivity index (χ2v) is 7.97. The molecule has 0 unspecified atom stereocenters. The quantitative estimate of drug-likeness (QED) is 0.494. The minimum Gasteiger partial charge on any atom is -0.497 e. The van der Waals surface area contributed by atoms with Gasteiger partial charge in [-0.15, -0.1) is 0 Å². The van der Waals surface area contributed by atoms with Crippen LogP contribution >= 0.6 is 11.6 Å². The molecule has 0 spiro atoms. The van der Waals surface area contributed by atoms with Crippen molar-refractivity contribution in [2.24, 2.45) is 5.10 Å². The van der Waals surface area contributed by atoms with E-state index >= 15 is 0 Å². The number of fused-ring (bicyclic) bond motifs is 3. The Morgan fingerprint density at radius 1 is 1.03 bits per heavy atom. The van der Waals surface area contributed by atoms with Gasteiger partial charge in [-0.3, -0.25) is 0 Å². The third-order valence-corrected chi connectivity index (χ3v) is 5.89. The van der Waals surface area contributed by atoms with Gasteiger partial charge in [0.2, 0.25) is 6.23 Å². The molecule has 0 aliphatic carbocycles. The Kier molecular flexibility index (Phi) is 5.20. The molecule has 5 rings (SSSR count). The summed E-state index contributed by atoms with van der Waals surface area (Å²) in [5.74, 6) is 2.51. The summed E-state index contributed by atoms with van der Waals surface area (Å²) in [6, 6.07) is 21.9. The van der Waals surface area contributed by atoms with Gasteiger partial charge in [0, 0.05) is 22.6 Å². The monoisotopic (exact) mass is 434 g/mol. The number of nitrogens with zero attached hydrogens (tertiary/aromatic N) is 2. The molecule has 3 aromatic rings. The van der Waals surface area contributed by atoms with Crippen LogP contribution < -0.4 is 14.2 Å². The lowest BCUT2D eigenvalue weighted by Crippen LogP contribution is -2.33. The number of hydrogen-bond acceptors (Lipinski definition) is 5. The third kappa shape index (κ3) is 3.70. The zero-order valence-corrected chi connectivity index (χ0v) is 18.2. The van der Waals surface area contributed by atoms with Crippen LogP contribution in [-0.4, -0.2) is 24.4 Å². The average Bonchev–Trinajstić information content (AvgIpc) is 3.25. The molecule has 0 saturated heterocycles. The molecule has 0 amide bonds. The average molecular weight is 435 g/mol. The topological polar surface area (TPSA) is 43.3 Å². The molecule has 2 aliphatic rings. The van der Waals surface area contributed by atoms with Crippen molar-refractivity contribution in [3.05, 3.63) is 88.4 Å². The number of benzene rings is 3. The van der Waals surface area contributed by atoms with Crippen molar-refractivity contribution in [1.29, 1.82) is 0 Å². The maximum absolute atomic E-state index is 6.40. The van der Waals surface area contributed by atoms with Gasteiger partial charge in [0.15, 0.2) is 0 Å². The summed E-state index contributed by atoms with van der Waals surface area (Å²) in [5, 5.41) is 7.74. The van der Waals surface area contributed by atoms with Crippen molar-refractivity contribution >= 4 is 17.3 Å². The largest absolute Gasteiger partial charge is 0.497 e. The molecule has 158 valence electrons. The zero-order valence-electron chi connectivity index (χ0n) is 17.4. The first-order valence-electron chi connectivity index (χ1n) is 10.4. The van der Waals surface area contributed by atoms with Gasteiger partial charge in [-0.2, -0.15) is 5.10 Å². The van der Waals surface area contributed by atoms with Crippen LogP contribution in [-0.2, 0) is 0 Å². The van der Waals surface area contributed by atoms with Crippen LogP contribution in [0.25, 0.3) is 0 Å². The second-order valence-electron chi connectivity index (χ2n) is 7.53. The highest BCUT2D eigenvalue weighted by Crippen LogP contribution is 2.48. The fraction of sp³-hybridized carbons (Fsp3) is 0.240. The van der Waals surface area contributed by atoms with Gasteiger partial charge in [-0.25, -0.2) is 5.01 Å². The lowest BCUT2D eigenvalue weighted by Gasteiger charge is -2.38. The molecule has 3 aromatic carbocycles. The molecule has 31 heavy (non-hydrogen) atoms. The van der Waals surface area contributed by atoms with Crippen molar-refractivity contribution in [2.75, 3.05) is 13.7 Å². The summed E-state index contributed by atoms with van der Waals surface area (Å²) in [6.07, 6.45) is 0.446. The highest BCUT2D eigenvalue weighted by atomic mass is 35.5. The summed E-state index contributed by atoms with van der Waals surface area (Å²) >= 11 is 6.32. The van der Waals surface area contributed by atoms with E-state index in [-0.39, 0.29) is 12.3 Å². The normalized spacial score (nSPS) is 19.2. The lowest BCUT2D eigenvalue weighted by molar-refractivity contribution is -0.0190. The van der Waals surface area contributed by atoms with Crippen LogP contribution in [0.2, 0.25) is 5.02 Å². The Balaban J connectivity index is 1.53. The summed E-state index contributed by atoms with van der Waals surface area (Å²) in [5.41, 5.74) is 4.17. The molecule has 0 aromatic heterocycles. The molecule has 2 aliphatic heterocycles. The maximum Gasteiger partial charge on any atom is 0.213 e. The van der Waals surface area contributed by atoms with E-state index in [0.29, 0.717) is 11.6 Å². The molecule has 2 atom stereocenters. The van der Waals surface area contributed by atoms with Crippen LogP contribution in [0.3, 0.4) is 0 Å². The first-order chi connectivity index (χ1) is 15.2. The Labute approximate surface area is 186 Å². The number of hydrazone groups is 1. The molecule has 0 fully saturated rings. The number of rotatable bonds is 5. The van der Waals surface area contributed by atoms with E-state index in [4.69, 9.17) is 30.9 Å². The molecule has 0 saturated carbocycles. The molecule has 2 heterocycles. The molecular formula is C25H23ClN2O3. The molecule has 0 bridgehead atoms. The Morgan fingerprint density at radius 3 is 2.48 bits per heavy atom. The van der Waals surface area contributed by atoms with Crippen LogP contribution in [0.1, 0.15) is 42.3 Å². The van der Waals surface area contributed by atoms with E-state index in [9.17, 15) is 0 Å². The fourth-order valence-corrected chi connectivity index (χ4v) is 4.31. The van der Waals surface area contributed by atoms with Gasteiger partial charge >= 0.3 is 0 Å². The standard InChI is InChI=1S/C25H23ClN2O3/c1-3-30-20-11-4-16(5-12-20)22-15-23-21-14-18(26)8-13-24(21)31-25(28(23)27-22)17-6-9-19(29-2)10-7-17/h4-14,23,25H,3,15H2,1-2H3/t23-,25-/m1/s1. The first-order valence-corrected chi connectivity index (χ1v) is 10.7. The minimum atomic E-state index is -0.329. The van der Waals surface area contributed by atoms with Crippen LogP contribution in [0.4, 0.5) is 0 Å². The Morgan fingerprint density at radius 2 is 1.77 bits per heavy atom. The van der Waals surface area contributed by atoms with E-state index in [2.05, 4.69) is 12.1 Å².